The van der Waals surface area contributed by atoms with E-state index in [0.717, 1.165) is 16.0 Å². The maximum absolute atomic E-state index is 12.3. The molecule has 0 unspecified atom stereocenters. The van der Waals surface area contributed by atoms with Crippen molar-refractivity contribution in [2.24, 2.45) is 0 Å². The fourth-order valence-corrected chi connectivity index (χ4v) is 3.71. The highest BCUT2D eigenvalue weighted by molar-refractivity contribution is 7.17. The van der Waals surface area contributed by atoms with Gasteiger partial charge in [-0.2, -0.15) is 0 Å². The minimum Gasteiger partial charge on any atom is -0.477 e. The van der Waals surface area contributed by atoms with Crippen LogP contribution in [-0.2, 0) is 6.54 Å². The van der Waals surface area contributed by atoms with E-state index in [1.165, 1.54) is 33.6 Å². The van der Waals surface area contributed by atoms with Gasteiger partial charge in [0.2, 0.25) is 0 Å². The fourth-order valence-electron chi connectivity index (χ4n) is 1.92. The Kier molecular flexibility index (Phi) is 3.15. The summed E-state index contributed by atoms with van der Waals surface area (Å²) in [5.41, 5.74) is 1.66. The smallest absolute Gasteiger partial charge is 0.345 e. The fraction of sp³-hybridized carbons (Fsp3) is 0.154. The number of aromatic carboxylic acids is 1. The van der Waals surface area contributed by atoms with E-state index in [1.807, 2.05) is 12.3 Å². The number of carboxylic acids is 1. The number of hydrogen-bond acceptors (Lipinski definition) is 5. The van der Waals surface area contributed by atoms with Crippen LogP contribution >= 0.6 is 22.7 Å². The van der Waals surface area contributed by atoms with E-state index in [1.54, 1.807) is 12.1 Å². The molecular formula is C13H10N2O3S2. The summed E-state index contributed by atoms with van der Waals surface area (Å²) in [4.78, 5) is 28.5. The predicted octanol–water partition coefficient (Wildman–Crippen LogP) is 2.57. The number of thiophene rings is 2. The predicted molar refractivity (Wildman–Crippen MR) is 79.0 cm³/mol. The Morgan fingerprint density at radius 2 is 2.25 bits per heavy atom. The standard InChI is InChI=1S/C13H10N2O3S2/c1-7-5-19-11-10(7)14-6-15(12(11)16)4-8-2-3-9(20-8)13(17)18/h2-3,5-6H,4H2,1H3,(H,17,18). The van der Waals surface area contributed by atoms with E-state index in [-0.39, 0.29) is 10.4 Å². The topological polar surface area (TPSA) is 72.2 Å². The first-order valence-electron chi connectivity index (χ1n) is 5.81. The molecule has 0 radical (unpaired) electrons. The molecule has 7 heteroatoms. The van der Waals surface area contributed by atoms with Gasteiger partial charge in [0.05, 0.1) is 18.4 Å². The van der Waals surface area contributed by atoms with E-state index in [2.05, 4.69) is 4.98 Å². The third kappa shape index (κ3) is 2.14. The van der Waals surface area contributed by atoms with Crippen LogP contribution in [-0.4, -0.2) is 20.6 Å². The summed E-state index contributed by atoms with van der Waals surface area (Å²) >= 11 is 2.56. The lowest BCUT2D eigenvalue weighted by molar-refractivity contribution is 0.0702. The van der Waals surface area contributed by atoms with E-state index in [0.29, 0.717) is 11.2 Å². The third-order valence-electron chi connectivity index (χ3n) is 2.92. The Morgan fingerprint density at radius 3 is 2.95 bits per heavy atom. The summed E-state index contributed by atoms with van der Waals surface area (Å²) in [5.74, 6) is -0.948. The van der Waals surface area contributed by atoms with Crippen LogP contribution in [0.1, 0.15) is 20.1 Å². The van der Waals surface area contributed by atoms with Crippen LogP contribution < -0.4 is 5.56 Å². The molecule has 3 heterocycles. The molecule has 0 aromatic carbocycles. The van der Waals surface area contributed by atoms with Gasteiger partial charge in [0.25, 0.3) is 5.56 Å². The first-order chi connectivity index (χ1) is 9.56. The highest BCUT2D eigenvalue weighted by atomic mass is 32.1. The SMILES string of the molecule is Cc1csc2c(=O)n(Cc3ccc(C(=O)O)s3)cnc12. The molecule has 5 nitrogen and oxygen atoms in total. The molecule has 0 saturated carbocycles. The van der Waals surface area contributed by atoms with Crippen LogP contribution in [0.2, 0.25) is 0 Å². The molecule has 3 aromatic rings. The van der Waals surface area contributed by atoms with E-state index < -0.39 is 5.97 Å². The lowest BCUT2D eigenvalue weighted by Gasteiger charge is -2.03. The molecule has 0 amide bonds. The zero-order valence-electron chi connectivity index (χ0n) is 10.5. The number of rotatable bonds is 3. The quantitative estimate of drug-likeness (QED) is 0.807. The first-order valence-corrected chi connectivity index (χ1v) is 7.51. The van der Waals surface area contributed by atoms with Crippen molar-refractivity contribution in [2.45, 2.75) is 13.5 Å². The first kappa shape index (κ1) is 13.0. The Hall–Kier alpha value is -1.99. The molecule has 0 spiro atoms. The number of carbonyl (C=O) groups is 1. The maximum atomic E-state index is 12.3. The zero-order chi connectivity index (χ0) is 14.3. The second-order valence-corrected chi connectivity index (χ2v) is 6.39. The van der Waals surface area contributed by atoms with Gasteiger partial charge in [-0.3, -0.25) is 9.36 Å². The van der Waals surface area contributed by atoms with Gasteiger partial charge in [-0.15, -0.1) is 22.7 Å². The number of aryl methyl sites for hydroxylation is 1. The largest absolute Gasteiger partial charge is 0.477 e. The summed E-state index contributed by atoms with van der Waals surface area (Å²) in [7, 11) is 0. The zero-order valence-corrected chi connectivity index (χ0v) is 12.1. The maximum Gasteiger partial charge on any atom is 0.345 e. The minimum absolute atomic E-state index is 0.0848. The van der Waals surface area contributed by atoms with Crippen LogP contribution in [0.15, 0.2) is 28.6 Å². The van der Waals surface area contributed by atoms with E-state index in [9.17, 15) is 9.59 Å². The summed E-state index contributed by atoms with van der Waals surface area (Å²) < 4.78 is 2.15. The number of nitrogens with zero attached hydrogens (tertiary/aromatic N) is 2. The van der Waals surface area contributed by atoms with Gasteiger partial charge in [-0.25, -0.2) is 9.78 Å². The molecule has 0 saturated heterocycles. The Labute approximate surface area is 121 Å². The number of aromatic nitrogens is 2. The lowest BCUT2D eigenvalue weighted by atomic mass is 10.3. The molecule has 0 bridgehead atoms. The molecule has 3 aromatic heterocycles. The summed E-state index contributed by atoms with van der Waals surface area (Å²) in [6.45, 7) is 2.27. The van der Waals surface area contributed by atoms with Crippen LogP contribution in [0.3, 0.4) is 0 Å². The van der Waals surface area contributed by atoms with Crippen LogP contribution in [0.5, 0.6) is 0 Å². The monoisotopic (exact) mass is 306 g/mol. The van der Waals surface area contributed by atoms with Crippen LogP contribution in [0.25, 0.3) is 10.2 Å². The van der Waals surface area contributed by atoms with Crippen molar-refractivity contribution in [1.82, 2.24) is 9.55 Å². The van der Waals surface area contributed by atoms with E-state index in [4.69, 9.17) is 5.11 Å². The molecule has 3 rings (SSSR count). The summed E-state index contributed by atoms with van der Waals surface area (Å²) in [5, 5.41) is 10.8. The van der Waals surface area contributed by atoms with Gasteiger partial charge in [-0.05, 0) is 30.0 Å². The molecule has 0 aliphatic rings. The second-order valence-electron chi connectivity index (χ2n) is 4.35. The van der Waals surface area contributed by atoms with Crippen molar-refractivity contribution in [1.29, 1.82) is 0 Å². The Balaban J connectivity index is 2.00. The molecule has 102 valence electrons. The molecule has 0 fully saturated rings. The Morgan fingerprint density at radius 1 is 1.45 bits per heavy atom. The molecule has 1 N–H and O–H groups in total. The number of carboxylic acid groups (broad SMARTS) is 1. The van der Waals surface area contributed by atoms with Gasteiger partial charge >= 0.3 is 5.97 Å². The van der Waals surface area contributed by atoms with E-state index >= 15 is 0 Å². The van der Waals surface area contributed by atoms with Gasteiger partial charge < -0.3 is 5.11 Å². The van der Waals surface area contributed by atoms with Gasteiger partial charge in [0.1, 0.15) is 9.58 Å². The van der Waals surface area contributed by atoms with Crippen LogP contribution in [0, 0.1) is 6.92 Å². The molecule has 0 aliphatic carbocycles. The van der Waals surface area contributed by atoms with Crippen molar-refractivity contribution < 1.29 is 9.90 Å². The number of hydrogen-bond donors (Lipinski definition) is 1. The average molecular weight is 306 g/mol. The summed E-state index contributed by atoms with van der Waals surface area (Å²) in [6, 6.07) is 3.28. The minimum atomic E-state index is -0.948. The van der Waals surface area contributed by atoms with Gasteiger partial charge in [0, 0.05) is 4.88 Å². The van der Waals surface area contributed by atoms with Crippen molar-refractivity contribution in [3.05, 3.63) is 49.5 Å². The second kappa shape index (κ2) is 4.84. The molecule has 0 aliphatic heterocycles. The highest BCUT2D eigenvalue weighted by Gasteiger charge is 2.11. The lowest BCUT2D eigenvalue weighted by Crippen LogP contribution is -2.19. The summed E-state index contributed by atoms with van der Waals surface area (Å²) in [6.07, 6.45) is 1.52. The van der Waals surface area contributed by atoms with Gasteiger partial charge in [0.15, 0.2) is 0 Å². The van der Waals surface area contributed by atoms with Crippen molar-refractivity contribution in [3.8, 4) is 0 Å². The number of fused-ring (bicyclic) bond motifs is 1. The van der Waals surface area contributed by atoms with Gasteiger partial charge in [-0.1, -0.05) is 0 Å². The normalized spacial score (nSPS) is 11.1. The highest BCUT2D eigenvalue weighted by Crippen LogP contribution is 2.20. The van der Waals surface area contributed by atoms with Crippen LogP contribution in [0.4, 0.5) is 0 Å². The van der Waals surface area contributed by atoms with Crippen molar-refractivity contribution in [2.75, 3.05) is 0 Å². The third-order valence-corrected chi connectivity index (χ3v) is 5.06. The molecular weight excluding hydrogens is 296 g/mol. The molecule has 0 atom stereocenters. The molecule has 20 heavy (non-hydrogen) atoms. The van der Waals surface area contributed by atoms with Crippen molar-refractivity contribution >= 4 is 38.9 Å². The van der Waals surface area contributed by atoms with Crippen molar-refractivity contribution in [3.63, 3.8) is 0 Å². The Bertz CT molecular complexity index is 860. The average Bonchev–Trinajstić information content (AvgIpc) is 3.01.